The van der Waals surface area contributed by atoms with E-state index in [1.807, 2.05) is 6.07 Å². The molecule has 3 N–H and O–H groups in total. The van der Waals surface area contributed by atoms with Crippen LogP contribution in [0, 0.1) is 0 Å². The first-order valence-corrected chi connectivity index (χ1v) is 12.9. The standard InChI is InChI=1S/C30H19Cl3O7/c31-17-6-9-20-21(13-17)27(37)29(38-24-10-7-18(32)14-22(24)34)30(39-25-11-8-19(33)15-23(25)35)28(20)40-26(36)12-16-4-2-1-3-5-16/h1-11,13-15,34-35,37H,12H2. The lowest BCUT2D eigenvalue weighted by atomic mass is 10.1. The minimum absolute atomic E-state index is 0.0728. The molecular formula is C30H19Cl3O7. The Hall–Kier alpha value is -4.30. The number of hydrogen-bond acceptors (Lipinski definition) is 7. The minimum Gasteiger partial charge on any atom is -0.504 e. The molecule has 5 aromatic rings. The predicted octanol–water partition coefficient (Wildman–Crippen LogP) is 8.65. The van der Waals surface area contributed by atoms with E-state index in [0.717, 1.165) is 0 Å². The number of ether oxygens (including phenoxy) is 3. The lowest BCUT2D eigenvalue weighted by Crippen LogP contribution is -2.12. The molecule has 202 valence electrons. The molecule has 0 spiro atoms. The van der Waals surface area contributed by atoms with Gasteiger partial charge in [0, 0.05) is 38.0 Å². The Bertz CT molecular complexity index is 1740. The second kappa shape index (κ2) is 11.4. The van der Waals surface area contributed by atoms with Crippen LogP contribution >= 0.6 is 34.8 Å². The number of benzene rings is 5. The Morgan fingerprint density at radius 2 is 1.18 bits per heavy atom. The molecule has 0 aromatic heterocycles. The summed E-state index contributed by atoms with van der Waals surface area (Å²) in [5, 5.41) is 33.5. The highest BCUT2D eigenvalue weighted by molar-refractivity contribution is 6.32. The molecule has 0 radical (unpaired) electrons. The second-order valence-corrected chi connectivity index (χ2v) is 9.90. The highest BCUT2D eigenvalue weighted by Gasteiger charge is 2.28. The van der Waals surface area contributed by atoms with Crippen molar-refractivity contribution in [3.8, 4) is 46.0 Å². The number of phenolic OH excluding ortho intramolecular Hbond substituents is 3. The Kier molecular flexibility index (Phi) is 7.80. The number of carbonyl (C=O) groups is 1. The van der Waals surface area contributed by atoms with Gasteiger partial charge in [0.2, 0.25) is 11.5 Å². The molecule has 5 aromatic carbocycles. The molecule has 0 saturated heterocycles. The van der Waals surface area contributed by atoms with Crippen LogP contribution in [-0.4, -0.2) is 21.3 Å². The first-order valence-electron chi connectivity index (χ1n) is 11.7. The average Bonchev–Trinajstić information content (AvgIpc) is 2.91. The summed E-state index contributed by atoms with van der Waals surface area (Å²) in [4.78, 5) is 13.1. The fourth-order valence-electron chi connectivity index (χ4n) is 3.94. The molecule has 0 atom stereocenters. The fourth-order valence-corrected chi connectivity index (χ4v) is 4.45. The van der Waals surface area contributed by atoms with Gasteiger partial charge in [-0.2, -0.15) is 0 Å². The lowest BCUT2D eigenvalue weighted by Gasteiger charge is -2.20. The van der Waals surface area contributed by atoms with E-state index in [1.54, 1.807) is 36.4 Å². The molecule has 0 aliphatic heterocycles. The highest BCUT2D eigenvalue weighted by Crippen LogP contribution is 2.55. The Morgan fingerprint density at radius 1 is 0.625 bits per heavy atom. The fraction of sp³-hybridized carbons (Fsp3) is 0.0333. The first-order chi connectivity index (χ1) is 19.2. The van der Waals surface area contributed by atoms with Crippen molar-refractivity contribution in [2.75, 3.05) is 0 Å². The van der Waals surface area contributed by atoms with Gasteiger partial charge in [-0.25, -0.2) is 0 Å². The summed E-state index contributed by atoms with van der Waals surface area (Å²) in [5.74, 6) is -2.62. The van der Waals surface area contributed by atoms with E-state index < -0.39 is 11.7 Å². The Labute approximate surface area is 243 Å². The SMILES string of the molecule is O=C(Cc1ccccc1)Oc1c(Oc2ccc(Cl)cc2O)c(Oc2ccc(Cl)cc2O)c(O)c2cc(Cl)ccc12. The summed E-state index contributed by atoms with van der Waals surface area (Å²) in [5.41, 5.74) is 0.707. The van der Waals surface area contributed by atoms with Crippen LogP contribution in [0.1, 0.15) is 5.56 Å². The van der Waals surface area contributed by atoms with Crippen molar-refractivity contribution in [1.82, 2.24) is 0 Å². The molecule has 0 saturated carbocycles. The molecule has 5 rings (SSSR count). The number of halogens is 3. The molecule has 0 heterocycles. The summed E-state index contributed by atoms with van der Waals surface area (Å²) in [6.45, 7) is 0. The second-order valence-electron chi connectivity index (χ2n) is 8.59. The summed E-state index contributed by atoms with van der Waals surface area (Å²) in [6.07, 6.45) is -0.0728. The molecular weight excluding hydrogens is 579 g/mol. The van der Waals surface area contributed by atoms with E-state index in [2.05, 4.69) is 0 Å². The van der Waals surface area contributed by atoms with E-state index in [1.165, 1.54) is 42.5 Å². The van der Waals surface area contributed by atoms with Crippen LogP contribution in [0.5, 0.6) is 46.0 Å². The molecule has 0 aliphatic carbocycles. The van der Waals surface area contributed by atoms with Crippen molar-refractivity contribution in [1.29, 1.82) is 0 Å². The van der Waals surface area contributed by atoms with Gasteiger partial charge >= 0.3 is 5.97 Å². The highest BCUT2D eigenvalue weighted by atomic mass is 35.5. The molecule has 10 heteroatoms. The average molecular weight is 598 g/mol. The quantitative estimate of drug-likeness (QED) is 0.127. The Morgan fingerprint density at radius 3 is 1.77 bits per heavy atom. The van der Waals surface area contributed by atoms with E-state index in [0.29, 0.717) is 5.56 Å². The van der Waals surface area contributed by atoms with Crippen LogP contribution in [0.4, 0.5) is 0 Å². The first kappa shape index (κ1) is 27.3. The molecule has 0 fully saturated rings. The molecule has 0 aliphatic rings. The van der Waals surface area contributed by atoms with Crippen LogP contribution in [0.2, 0.25) is 15.1 Å². The summed E-state index contributed by atoms with van der Waals surface area (Å²) >= 11 is 18.2. The van der Waals surface area contributed by atoms with Crippen LogP contribution in [0.25, 0.3) is 10.8 Å². The summed E-state index contributed by atoms with van der Waals surface area (Å²) in [7, 11) is 0. The molecule has 0 bridgehead atoms. The number of hydrogen-bond donors (Lipinski definition) is 3. The molecule has 0 unspecified atom stereocenters. The number of carbonyl (C=O) groups excluding carboxylic acids is 1. The number of rotatable bonds is 7. The number of phenols is 3. The molecule has 7 nitrogen and oxygen atoms in total. The van der Waals surface area contributed by atoms with Gasteiger partial charge in [0.05, 0.1) is 6.42 Å². The van der Waals surface area contributed by atoms with Gasteiger partial charge in [-0.3, -0.25) is 4.79 Å². The monoisotopic (exact) mass is 596 g/mol. The maximum absolute atomic E-state index is 13.1. The van der Waals surface area contributed by atoms with Crippen molar-refractivity contribution in [3.05, 3.63) is 106 Å². The number of fused-ring (bicyclic) bond motifs is 1. The van der Waals surface area contributed by atoms with Gasteiger partial charge in [0.1, 0.15) is 0 Å². The van der Waals surface area contributed by atoms with Crippen molar-refractivity contribution < 1.29 is 34.3 Å². The third kappa shape index (κ3) is 5.82. The third-order valence-electron chi connectivity index (χ3n) is 5.78. The van der Waals surface area contributed by atoms with Gasteiger partial charge in [0.25, 0.3) is 0 Å². The zero-order valence-corrected chi connectivity index (χ0v) is 22.7. The smallest absolute Gasteiger partial charge is 0.315 e. The summed E-state index contributed by atoms with van der Waals surface area (Å²) < 4.78 is 17.8. The van der Waals surface area contributed by atoms with E-state index in [4.69, 9.17) is 49.0 Å². The van der Waals surface area contributed by atoms with E-state index >= 15 is 0 Å². The normalized spacial score (nSPS) is 10.9. The van der Waals surface area contributed by atoms with Gasteiger partial charge in [-0.05, 0) is 48.0 Å². The largest absolute Gasteiger partial charge is 0.504 e. The lowest BCUT2D eigenvalue weighted by molar-refractivity contribution is -0.133. The molecule has 40 heavy (non-hydrogen) atoms. The van der Waals surface area contributed by atoms with Crippen LogP contribution in [-0.2, 0) is 11.2 Å². The van der Waals surface area contributed by atoms with Crippen LogP contribution in [0.15, 0.2) is 84.9 Å². The minimum atomic E-state index is -0.640. The van der Waals surface area contributed by atoms with Crippen molar-refractivity contribution in [3.63, 3.8) is 0 Å². The number of esters is 1. The summed E-state index contributed by atoms with van der Waals surface area (Å²) in [6, 6.07) is 21.7. The zero-order chi connectivity index (χ0) is 28.4. The van der Waals surface area contributed by atoms with E-state index in [9.17, 15) is 20.1 Å². The van der Waals surface area contributed by atoms with Gasteiger partial charge in [-0.15, -0.1) is 0 Å². The Balaban J connectivity index is 1.72. The van der Waals surface area contributed by atoms with Gasteiger partial charge in [-0.1, -0.05) is 65.1 Å². The van der Waals surface area contributed by atoms with Crippen molar-refractivity contribution in [2.45, 2.75) is 6.42 Å². The number of aromatic hydroxyl groups is 3. The van der Waals surface area contributed by atoms with Crippen LogP contribution in [0.3, 0.4) is 0 Å². The van der Waals surface area contributed by atoms with Crippen molar-refractivity contribution in [2.24, 2.45) is 0 Å². The topological polar surface area (TPSA) is 105 Å². The van der Waals surface area contributed by atoms with Gasteiger partial charge < -0.3 is 29.5 Å². The predicted molar refractivity (Wildman–Crippen MR) is 153 cm³/mol. The molecule has 0 amide bonds. The zero-order valence-electron chi connectivity index (χ0n) is 20.4. The van der Waals surface area contributed by atoms with Crippen molar-refractivity contribution >= 4 is 51.5 Å². The van der Waals surface area contributed by atoms with E-state index in [-0.39, 0.29) is 72.5 Å². The maximum Gasteiger partial charge on any atom is 0.315 e. The van der Waals surface area contributed by atoms with Gasteiger partial charge in [0.15, 0.2) is 34.5 Å². The maximum atomic E-state index is 13.1. The third-order valence-corrected chi connectivity index (χ3v) is 6.49. The van der Waals surface area contributed by atoms with Crippen LogP contribution < -0.4 is 14.2 Å².